The zero-order valence-corrected chi connectivity index (χ0v) is 12.7. The van der Waals surface area contributed by atoms with Crippen molar-refractivity contribution in [1.29, 1.82) is 0 Å². The van der Waals surface area contributed by atoms with Gasteiger partial charge in [0.15, 0.2) is 5.17 Å². The SMILES string of the molecule is CCOC(=O)C1=C(CBr)N2CC=C(C(F)(F)F)N=C2S1. The summed E-state index contributed by atoms with van der Waals surface area (Å²) in [7, 11) is 0. The number of alkyl halides is 4. The van der Waals surface area contributed by atoms with E-state index in [4.69, 9.17) is 4.74 Å². The van der Waals surface area contributed by atoms with Crippen LogP contribution in [0.2, 0.25) is 0 Å². The van der Waals surface area contributed by atoms with Crippen LogP contribution in [0.15, 0.2) is 27.4 Å². The summed E-state index contributed by atoms with van der Waals surface area (Å²) in [5.41, 5.74) is -0.361. The van der Waals surface area contributed by atoms with Crippen molar-refractivity contribution in [3.63, 3.8) is 0 Å². The van der Waals surface area contributed by atoms with E-state index in [1.54, 1.807) is 11.8 Å². The summed E-state index contributed by atoms with van der Waals surface area (Å²) < 4.78 is 42.8. The highest BCUT2D eigenvalue weighted by molar-refractivity contribution is 9.09. The lowest BCUT2D eigenvalue weighted by Gasteiger charge is -2.24. The molecule has 2 aliphatic heterocycles. The molecule has 0 aromatic carbocycles. The zero-order chi connectivity index (χ0) is 14.9. The first-order chi connectivity index (χ1) is 9.38. The van der Waals surface area contributed by atoms with E-state index in [0.717, 1.165) is 17.8 Å². The summed E-state index contributed by atoms with van der Waals surface area (Å²) in [5.74, 6) is -0.544. The Morgan fingerprint density at radius 3 is 2.85 bits per heavy atom. The van der Waals surface area contributed by atoms with Gasteiger partial charge < -0.3 is 9.64 Å². The Balaban J connectivity index is 2.28. The van der Waals surface area contributed by atoms with Crippen molar-refractivity contribution in [2.24, 2.45) is 4.99 Å². The number of carbonyl (C=O) groups is 1. The van der Waals surface area contributed by atoms with Crippen LogP contribution in [0.25, 0.3) is 0 Å². The van der Waals surface area contributed by atoms with Gasteiger partial charge in [-0.15, -0.1) is 0 Å². The third kappa shape index (κ3) is 2.88. The maximum Gasteiger partial charge on any atom is 0.433 e. The van der Waals surface area contributed by atoms with Crippen molar-refractivity contribution >= 4 is 38.8 Å². The molecule has 2 heterocycles. The molecule has 0 radical (unpaired) electrons. The number of esters is 1. The molecule has 2 rings (SSSR count). The number of aliphatic imine (C=N–C) groups is 1. The second kappa shape index (κ2) is 5.80. The van der Waals surface area contributed by atoms with Crippen molar-refractivity contribution < 1.29 is 22.7 Å². The topological polar surface area (TPSA) is 41.9 Å². The number of thioether (sulfide) groups is 1. The molecule has 0 unspecified atom stereocenters. The smallest absolute Gasteiger partial charge is 0.433 e. The Morgan fingerprint density at radius 2 is 2.30 bits per heavy atom. The van der Waals surface area contributed by atoms with Crippen molar-refractivity contribution in [2.45, 2.75) is 13.1 Å². The first-order valence-corrected chi connectivity index (χ1v) is 7.60. The standard InChI is InChI=1S/C11H10BrF3N2O2S/c1-2-19-9(18)8-6(5-12)17-4-3-7(11(13,14)15)16-10(17)20-8/h3H,2,4-5H2,1H3. The molecule has 0 spiro atoms. The number of carbonyl (C=O) groups excluding carboxylic acids is 1. The average Bonchev–Trinajstić information content (AvgIpc) is 2.75. The summed E-state index contributed by atoms with van der Waals surface area (Å²) >= 11 is 4.14. The van der Waals surface area contributed by atoms with Crippen molar-refractivity contribution in [2.75, 3.05) is 18.5 Å². The van der Waals surface area contributed by atoms with Crippen molar-refractivity contribution in [3.8, 4) is 0 Å². The number of rotatable bonds is 3. The molecule has 0 aromatic rings. The van der Waals surface area contributed by atoms with E-state index in [2.05, 4.69) is 20.9 Å². The summed E-state index contributed by atoms with van der Waals surface area (Å²) in [4.78, 5) is 17.2. The minimum absolute atomic E-state index is 0.0323. The van der Waals surface area contributed by atoms with Gasteiger partial charge in [0.1, 0.15) is 10.6 Å². The highest BCUT2D eigenvalue weighted by Crippen LogP contribution is 2.40. The molecule has 0 bridgehead atoms. The van der Waals surface area contributed by atoms with Gasteiger partial charge in [-0.3, -0.25) is 0 Å². The van der Waals surface area contributed by atoms with Crippen LogP contribution < -0.4 is 0 Å². The average molecular weight is 371 g/mol. The van der Waals surface area contributed by atoms with Gasteiger partial charge in [-0.05, 0) is 24.8 Å². The van der Waals surface area contributed by atoms with Crippen molar-refractivity contribution in [3.05, 3.63) is 22.4 Å². The minimum Gasteiger partial charge on any atom is -0.462 e. The molecule has 4 nitrogen and oxygen atoms in total. The van der Waals surface area contributed by atoms with Gasteiger partial charge in [0, 0.05) is 11.9 Å². The summed E-state index contributed by atoms with van der Waals surface area (Å²) in [5, 5.41) is 0.486. The van der Waals surface area contributed by atoms with Crippen LogP contribution in [0.1, 0.15) is 6.92 Å². The van der Waals surface area contributed by atoms with Gasteiger partial charge in [0.05, 0.1) is 12.3 Å². The van der Waals surface area contributed by atoms with Gasteiger partial charge in [-0.2, -0.15) is 13.2 Å². The lowest BCUT2D eigenvalue weighted by molar-refractivity contribution is -0.137. The lowest BCUT2D eigenvalue weighted by Crippen LogP contribution is -2.30. The maximum atomic E-state index is 12.6. The zero-order valence-electron chi connectivity index (χ0n) is 10.3. The van der Waals surface area contributed by atoms with E-state index in [1.807, 2.05) is 0 Å². The number of halogens is 4. The molecule has 20 heavy (non-hydrogen) atoms. The summed E-state index contributed by atoms with van der Waals surface area (Å²) in [6, 6.07) is 0. The molecule has 0 aliphatic carbocycles. The quantitative estimate of drug-likeness (QED) is 0.565. The van der Waals surface area contributed by atoms with Crippen LogP contribution in [-0.4, -0.2) is 40.7 Å². The van der Waals surface area contributed by atoms with Gasteiger partial charge >= 0.3 is 12.1 Å². The Morgan fingerprint density at radius 1 is 1.60 bits per heavy atom. The fourth-order valence-corrected chi connectivity index (χ4v) is 3.54. The molecule has 0 amide bonds. The van der Waals surface area contributed by atoms with Crippen LogP contribution in [0.4, 0.5) is 13.2 Å². The number of ether oxygens (including phenoxy) is 1. The highest BCUT2D eigenvalue weighted by atomic mass is 79.9. The molecule has 2 aliphatic rings. The van der Waals surface area contributed by atoms with Crippen LogP contribution in [0, 0.1) is 0 Å². The summed E-state index contributed by atoms with van der Waals surface area (Å²) in [6.07, 6.45) is -3.48. The van der Waals surface area contributed by atoms with E-state index >= 15 is 0 Å². The Hall–Kier alpha value is -0.960. The molecule has 0 aromatic heterocycles. The number of allylic oxidation sites excluding steroid dienone is 2. The van der Waals surface area contributed by atoms with Crippen LogP contribution >= 0.6 is 27.7 Å². The Bertz CT molecular complexity index is 528. The van der Waals surface area contributed by atoms with Crippen molar-refractivity contribution in [1.82, 2.24) is 4.90 Å². The number of nitrogens with zero attached hydrogens (tertiary/aromatic N) is 2. The Kier molecular flexibility index (Phi) is 4.48. The molecule has 0 N–H and O–H groups in total. The normalized spacial score (nSPS) is 18.8. The number of hydrogen-bond acceptors (Lipinski definition) is 5. The fourth-order valence-electron chi connectivity index (χ4n) is 1.71. The first kappa shape index (κ1) is 15.4. The number of amidine groups is 1. The predicted molar refractivity (Wildman–Crippen MR) is 73.3 cm³/mol. The Labute approximate surface area is 125 Å². The molecule has 0 atom stereocenters. The van der Waals surface area contributed by atoms with Crippen LogP contribution in [0.5, 0.6) is 0 Å². The largest absolute Gasteiger partial charge is 0.462 e. The van der Waals surface area contributed by atoms with Crippen LogP contribution in [0.3, 0.4) is 0 Å². The van der Waals surface area contributed by atoms with E-state index in [1.165, 1.54) is 0 Å². The maximum absolute atomic E-state index is 12.6. The van der Waals surface area contributed by atoms with E-state index in [0.29, 0.717) is 11.0 Å². The van der Waals surface area contributed by atoms with Gasteiger partial charge in [0.25, 0.3) is 0 Å². The second-order valence-electron chi connectivity index (χ2n) is 3.82. The molecule has 110 valence electrons. The molecule has 0 saturated carbocycles. The van der Waals surface area contributed by atoms with E-state index in [-0.39, 0.29) is 23.2 Å². The highest BCUT2D eigenvalue weighted by Gasteiger charge is 2.40. The first-order valence-electron chi connectivity index (χ1n) is 5.66. The molecule has 9 heteroatoms. The molecular weight excluding hydrogens is 361 g/mol. The van der Waals surface area contributed by atoms with Crippen LogP contribution in [-0.2, 0) is 9.53 Å². The van der Waals surface area contributed by atoms with E-state index in [9.17, 15) is 18.0 Å². The fraction of sp³-hybridized carbons (Fsp3) is 0.455. The van der Waals surface area contributed by atoms with Gasteiger partial charge in [-0.1, -0.05) is 15.9 Å². The monoisotopic (exact) mass is 370 g/mol. The molecular formula is C11H10BrF3N2O2S. The third-order valence-electron chi connectivity index (χ3n) is 2.57. The minimum atomic E-state index is -4.49. The number of fused-ring (bicyclic) bond motifs is 1. The third-order valence-corrected chi connectivity index (χ3v) is 4.21. The van der Waals surface area contributed by atoms with Gasteiger partial charge in [0.2, 0.25) is 0 Å². The lowest BCUT2D eigenvalue weighted by atomic mass is 10.3. The molecule has 0 fully saturated rings. The predicted octanol–water partition coefficient (Wildman–Crippen LogP) is 3.02. The molecule has 0 saturated heterocycles. The number of hydrogen-bond donors (Lipinski definition) is 0. The van der Waals surface area contributed by atoms with Gasteiger partial charge in [-0.25, -0.2) is 9.79 Å². The second-order valence-corrected chi connectivity index (χ2v) is 5.36. The van der Waals surface area contributed by atoms with E-state index < -0.39 is 17.8 Å². The summed E-state index contributed by atoms with van der Waals surface area (Å²) in [6.45, 7) is 1.90.